The Morgan fingerprint density at radius 1 is 1.07 bits per heavy atom. The van der Waals surface area contributed by atoms with Crippen LogP contribution < -0.4 is 10.5 Å². The number of hydrogen-bond acceptors (Lipinski definition) is 5. The second-order valence-corrected chi connectivity index (χ2v) is 7.37. The zero-order valence-electron chi connectivity index (χ0n) is 14.4. The van der Waals surface area contributed by atoms with Crippen LogP contribution in [0.4, 0.5) is 5.69 Å². The van der Waals surface area contributed by atoms with E-state index in [9.17, 15) is 4.79 Å². The van der Waals surface area contributed by atoms with Crippen LogP contribution in [0.15, 0.2) is 60.7 Å². The lowest BCUT2D eigenvalue weighted by Gasteiger charge is -2.07. The highest BCUT2D eigenvalue weighted by atomic mass is 35.5. The maximum absolute atomic E-state index is 12.8. The van der Waals surface area contributed by atoms with Crippen LogP contribution in [-0.4, -0.2) is 17.9 Å². The number of nitrogens with zero attached hydrogens (tertiary/aromatic N) is 1. The van der Waals surface area contributed by atoms with E-state index < -0.39 is 0 Å². The largest absolute Gasteiger partial charge is 0.496 e. The van der Waals surface area contributed by atoms with Gasteiger partial charge in [0.2, 0.25) is 5.78 Å². The molecule has 0 spiro atoms. The quantitative estimate of drug-likeness (QED) is 0.468. The van der Waals surface area contributed by atoms with Gasteiger partial charge in [-0.25, -0.2) is 4.98 Å². The topological polar surface area (TPSA) is 65.2 Å². The van der Waals surface area contributed by atoms with E-state index in [4.69, 9.17) is 27.1 Å². The lowest BCUT2D eigenvalue weighted by atomic mass is 10.1. The molecule has 0 saturated heterocycles. The summed E-state index contributed by atoms with van der Waals surface area (Å²) in [7, 11) is 1.63. The summed E-state index contributed by atoms with van der Waals surface area (Å²) in [5, 5.41) is 1.36. The average Bonchev–Trinajstić information content (AvgIpc) is 3.04. The Labute approximate surface area is 165 Å². The van der Waals surface area contributed by atoms with Gasteiger partial charge in [0.1, 0.15) is 15.5 Å². The summed E-state index contributed by atoms with van der Waals surface area (Å²) in [5.41, 5.74) is 8.91. The fourth-order valence-electron chi connectivity index (χ4n) is 2.90. The number of anilines is 1. The number of para-hydroxylation sites is 1. The highest BCUT2D eigenvalue weighted by molar-refractivity contribution is 7.21. The Morgan fingerprint density at radius 2 is 1.81 bits per heavy atom. The van der Waals surface area contributed by atoms with Crippen LogP contribution in [0.1, 0.15) is 15.2 Å². The lowest BCUT2D eigenvalue weighted by Crippen LogP contribution is -2.01. The summed E-state index contributed by atoms with van der Waals surface area (Å²) >= 11 is 7.20. The molecule has 0 saturated carbocycles. The van der Waals surface area contributed by atoms with Crippen molar-refractivity contribution in [2.75, 3.05) is 12.8 Å². The number of pyridine rings is 1. The number of hydrogen-bond donors (Lipinski definition) is 1. The normalized spacial score (nSPS) is 10.9. The zero-order chi connectivity index (χ0) is 19.0. The third-order valence-electron chi connectivity index (χ3n) is 4.29. The van der Waals surface area contributed by atoms with Crippen molar-refractivity contribution in [3.63, 3.8) is 0 Å². The number of fused-ring (bicyclic) bond motifs is 1. The number of halogens is 1. The molecular weight excluding hydrogens is 380 g/mol. The first-order valence-corrected chi connectivity index (χ1v) is 9.40. The maximum Gasteiger partial charge on any atom is 0.205 e. The fraction of sp³-hybridized carbons (Fsp3) is 0.0476. The number of methoxy groups -OCH3 is 1. The van der Waals surface area contributed by atoms with Gasteiger partial charge in [-0.15, -0.1) is 11.3 Å². The van der Waals surface area contributed by atoms with Crippen molar-refractivity contribution >= 4 is 44.6 Å². The molecule has 0 aliphatic heterocycles. The van der Waals surface area contributed by atoms with Crippen molar-refractivity contribution in [2.45, 2.75) is 0 Å². The van der Waals surface area contributed by atoms with Crippen molar-refractivity contribution in [1.29, 1.82) is 0 Å². The predicted octanol–water partition coefficient (Wildman–Crippen LogP) is 5.44. The smallest absolute Gasteiger partial charge is 0.205 e. The molecule has 0 atom stereocenters. The standard InChI is InChI=1S/C21H15ClN2O2S/c1-26-17-5-3-2-4-14(17)16-11-10-15-18(23)20(27-21(15)24-16)19(25)12-6-8-13(22)9-7-12/h2-11H,23H2,1H3. The van der Waals surface area contributed by atoms with Gasteiger partial charge >= 0.3 is 0 Å². The molecule has 0 fully saturated rings. The molecule has 2 aromatic heterocycles. The average molecular weight is 395 g/mol. The summed E-state index contributed by atoms with van der Waals surface area (Å²) < 4.78 is 5.42. The highest BCUT2D eigenvalue weighted by Crippen LogP contribution is 2.37. The molecule has 4 aromatic rings. The summed E-state index contributed by atoms with van der Waals surface area (Å²) in [6.45, 7) is 0. The number of ether oxygens (including phenoxy) is 1. The van der Waals surface area contributed by atoms with Gasteiger partial charge in [0.15, 0.2) is 0 Å². The van der Waals surface area contributed by atoms with Gasteiger partial charge in [0.05, 0.1) is 18.5 Å². The molecule has 27 heavy (non-hydrogen) atoms. The van der Waals surface area contributed by atoms with Gasteiger partial charge < -0.3 is 10.5 Å². The van der Waals surface area contributed by atoms with E-state index >= 15 is 0 Å². The first kappa shape index (κ1) is 17.5. The minimum atomic E-state index is -0.133. The fourth-order valence-corrected chi connectivity index (χ4v) is 4.09. The SMILES string of the molecule is COc1ccccc1-c1ccc2c(N)c(C(=O)c3ccc(Cl)cc3)sc2n1. The number of thiophene rings is 1. The van der Waals surface area contributed by atoms with E-state index in [1.165, 1.54) is 11.3 Å². The highest BCUT2D eigenvalue weighted by Gasteiger charge is 2.19. The molecule has 6 heteroatoms. The number of benzene rings is 2. The van der Waals surface area contributed by atoms with E-state index in [2.05, 4.69) is 0 Å². The number of rotatable bonds is 4. The second-order valence-electron chi connectivity index (χ2n) is 5.93. The number of carbonyl (C=O) groups excluding carboxylic acids is 1. The van der Waals surface area contributed by atoms with Crippen LogP contribution in [0.25, 0.3) is 21.5 Å². The monoisotopic (exact) mass is 394 g/mol. The van der Waals surface area contributed by atoms with Crippen LogP contribution in [0.2, 0.25) is 5.02 Å². The summed E-state index contributed by atoms with van der Waals surface area (Å²) in [6.07, 6.45) is 0. The molecule has 0 amide bonds. The molecular formula is C21H15ClN2O2S. The molecule has 2 heterocycles. The minimum absolute atomic E-state index is 0.133. The minimum Gasteiger partial charge on any atom is -0.496 e. The van der Waals surface area contributed by atoms with E-state index in [-0.39, 0.29) is 5.78 Å². The van der Waals surface area contributed by atoms with Crippen molar-refractivity contribution in [2.24, 2.45) is 0 Å². The number of nitrogens with two attached hydrogens (primary N) is 1. The number of carbonyl (C=O) groups is 1. The van der Waals surface area contributed by atoms with Gasteiger partial charge in [-0.05, 0) is 48.5 Å². The van der Waals surface area contributed by atoms with Crippen molar-refractivity contribution in [3.8, 4) is 17.0 Å². The van der Waals surface area contributed by atoms with Crippen LogP contribution in [0.5, 0.6) is 5.75 Å². The molecule has 134 valence electrons. The van der Waals surface area contributed by atoms with Crippen LogP contribution in [0, 0.1) is 0 Å². The Bertz CT molecular complexity index is 1150. The van der Waals surface area contributed by atoms with Crippen molar-refractivity contribution in [1.82, 2.24) is 4.98 Å². The Balaban J connectivity index is 1.80. The van der Waals surface area contributed by atoms with Crippen LogP contribution in [-0.2, 0) is 0 Å². The molecule has 0 bridgehead atoms. The third kappa shape index (κ3) is 3.16. The molecule has 0 aliphatic carbocycles. The second kappa shape index (κ2) is 7.02. The summed E-state index contributed by atoms with van der Waals surface area (Å²) in [4.78, 5) is 18.8. The number of ketones is 1. The van der Waals surface area contributed by atoms with E-state index in [0.29, 0.717) is 26.0 Å². The molecule has 0 unspecified atom stereocenters. The number of nitrogen functional groups attached to an aromatic ring is 1. The third-order valence-corrected chi connectivity index (χ3v) is 5.66. The molecule has 2 aromatic carbocycles. The molecule has 0 aliphatic rings. The van der Waals surface area contributed by atoms with Gasteiger partial charge in [-0.1, -0.05) is 23.7 Å². The van der Waals surface area contributed by atoms with Crippen molar-refractivity contribution in [3.05, 3.63) is 76.1 Å². The lowest BCUT2D eigenvalue weighted by molar-refractivity contribution is 0.104. The van der Waals surface area contributed by atoms with Crippen LogP contribution in [0.3, 0.4) is 0 Å². The Morgan fingerprint density at radius 3 is 2.56 bits per heavy atom. The summed E-state index contributed by atoms with van der Waals surface area (Å²) in [5.74, 6) is 0.609. The molecule has 4 nitrogen and oxygen atoms in total. The number of aromatic nitrogens is 1. The van der Waals surface area contributed by atoms with Gasteiger partial charge in [0.25, 0.3) is 0 Å². The van der Waals surface area contributed by atoms with Crippen LogP contribution >= 0.6 is 22.9 Å². The predicted molar refractivity (Wildman–Crippen MR) is 111 cm³/mol. The van der Waals surface area contributed by atoms with Gasteiger partial charge in [-0.3, -0.25) is 4.79 Å². The van der Waals surface area contributed by atoms with Crippen molar-refractivity contribution < 1.29 is 9.53 Å². The zero-order valence-corrected chi connectivity index (χ0v) is 16.0. The molecule has 0 radical (unpaired) electrons. The molecule has 2 N–H and O–H groups in total. The Hall–Kier alpha value is -2.89. The first-order chi connectivity index (χ1) is 13.1. The molecule has 4 rings (SSSR count). The van der Waals surface area contributed by atoms with Gasteiger partial charge in [0, 0.05) is 21.5 Å². The van der Waals surface area contributed by atoms with E-state index in [1.54, 1.807) is 31.4 Å². The van der Waals surface area contributed by atoms with E-state index in [1.807, 2.05) is 36.4 Å². The summed E-state index contributed by atoms with van der Waals surface area (Å²) in [6, 6.07) is 18.2. The first-order valence-electron chi connectivity index (χ1n) is 8.21. The Kier molecular flexibility index (Phi) is 4.56. The van der Waals surface area contributed by atoms with E-state index in [0.717, 1.165) is 22.4 Å². The van der Waals surface area contributed by atoms with Gasteiger partial charge in [-0.2, -0.15) is 0 Å². The maximum atomic E-state index is 12.8.